The van der Waals surface area contributed by atoms with Crippen LogP contribution in [0.4, 0.5) is 17.1 Å². The van der Waals surface area contributed by atoms with Crippen LogP contribution in [0.25, 0.3) is 0 Å². The van der Waals surface area contributed by atoms with E-state index in [2.05, 4.69) is 31.3 Å². The van der Waals surface area contributed by atoms with Crippen molar-refractivity contribution >= 4 is 23.0 Å². The number of benzene rings is 2. The smallest absolute Gasteiger partial charge is 0.340 e. The van der Waals surface area contributed by atoms with E-state index in [1.54, 1.807) is 12.1 Å². The number of methoxy groups -OCH3 is 1. The van der Waals surface area contributed by atoms with Gasteiger partial charge in [-0.2, -0.15) is 0 Å². The first kappa shape index (κ1) is 14.9. The number of nitrogen functional groups attached to an aromatic ring is 1. The fourth-order valence-electron chi connectivity index (χ4n) is 2.06. The minimum absolute atomic E-state index is 0.363. The second-order valence-electron chi connectivity index (χ2n) is 5.20. The molecule has 0 fully saturated rings. The van der Waals surface area contributed by atoms with E-state index in [1.165, 1.54) is 12.7 Å². The van der Waals surface area contributed by atoms with Crippen LogP contribution in [0, 0.1) is 0 Å². The van der Waals surface area contributed by atoms with Gasteiger partial charge in [-0.15, -0.1) is 0 Å². The van der Waals surface area contributed by atoms with Gasteiger partial charge in [0.15, 0.2) is 0 Å². The molecule has 0 bridgehead atoms. The van der Waals surface area contributed by atoms with Crippen LogP contribution in [0.1, 0.15) is 35.7 Å². The molecule has 0 saturated carbocycles. The minimum Gasteiger partial charge on any atom is -0.465 e. The zero-order chi connectivity index (χ0) is 15.4. The Bertz CT molecular complexity index is 651. The zero-order valence-electron chi connectivity index (χ0n) is 12.5. The number of hydrogen-bond donors (Lipinski definition) is 2. The summed E-state index contributed by atoms with van der Waals surface area (Å²) in [5.74, 6) is 0.0240. The van der Waals surface area contributed by atoms with E-state index in [-0.39, 0.29) is 0 Å². The molecule has 0 aliphatic heterocycles. The molecular formula is C17H20N2O2. The standard InChI is InChI=1S/C17H20N2O2/c1-11(2)12-5-4-6-13(9-12)19-14-7-8-16(18)15(10-14)17(20)21-3/h4-11,19H,18H2,1-3H3. The quantitative estimate of drug-likeness (QED) is 0.659. The Morgan fingerprint density at radius 1 is 1.14 bits per heavy atom. The third-order valence-electron chi connectivity index (χ3n) is 3.30. The molecule has 0 aromatic heterocycles. The first-order chi connectivity index (χ1) is 10.0. The summed E-state index contributed by atoms with van der Waals surface area (Å²) >= 11 is 0. The first-order valence-electron chi connectivity index (χ1n) is 6.86. The number of hydrogen-bond acceptors (Lipinski definition) is 4. The molecule has 3 N–H and O–H groups in total. The third kappa shape index (κ3) is 3.54. The van der Waals surface area contributed by atoms with E-state index in [1.807, 2.05) is 18.2 Å². The van der Waals surface area contributed by atoms with Crippen LogP contribution < -0.4 is 11.1 Å². The van der Waals surface area contributed by atoms with E-state index >= 15 is 0 Å². The molecule has 0 radical (unpaired) electrons. The zero-order valence-corrected chi connectivity index (χ0v) is 12.5. The van der Waals surface area contributed by atoms with E-state index in [9.17, 15) is 4.79 Å². The van der Waals surface area contributed by atoms with Crippen LogP contribution in [-0.2, 0) is 4.74 Å². The number of ether oxygens (including phenoxy) is 1. The molecule has 0 atom stereocenters. The van der Waals surface area contributed by atoms with E-state index in [0.29, 0.717) is 17.2 Å². The number of nitrogens with one attached hydrogen (secondary N) is 1. The van der Waals surface area contributed by atoms with Crippen molar-refractivity contribution in [2.24, 2.45) is 0 Å². The minimum atomic E-state index is -0.438. The molecule has 2 aromatic carbocycles. The van der Waals surface area contributed by atoms with Gasteiger partial charge < -0.3 is 15.8 Å². The van der Waals surface area contributed by atoms with Crippen molar-refractivity contribution in [3.63, 3.8) is 0 Å². The monoisotopic (exact) mass is 284 g/mol. The number of carbonyl (C=O) groups excluding carboxylic acids is 1. The Morgan fingerprint density at radius 2 is 1.86 bits per heavy atom. The molecule has 2 aromatic rings. The largest absolute Gasteiger partial charge is 0.465 e. The highest BCUT2D eigenvalue weighted by Gasteiger charge is 2.11. The summed E-state index contributed by atoms with van der Waals surface area (Å²) in [6.45, 7) is 4.30. The predicted molar refractivity (Wildman–Crippen MR) is 86.0 cm³/mol. The van der Waals surface area contributed by atoms with Crippen molar-refractivity contribution in [3.05, 3.63) is 53.6 Å². The Labute approximate surface area is 124 Å². The summed E-state index contributed by atoms with van der Waals surface area (Å²) in [5.41, 5.74) is 9.59. The lowest BCUT2D eigenvalue weighted by atomic mass is 10.0. The molecule has 0 aliphatic carbocycles. The number of anilines is 3. The highest BCUT2D eigenvalue weighted by atomic mass is 16.5. The lowest BCUT2D eigenvalue weighted by molar-refractivity contribution is 0.0602. The number of esters is 1. The molecule has 0 aliphatic rings. The van der Waals surface area contributed by atoms with Crippen LogP contribution in [0.2, 0.25) is 0 Å². The highest BCUT2D eigenvalue weighted by molar-refractivity contribution is 5.96. The molecule has 0 unspecified atom stereocenters. The maximum Gasteiger partial charge on any atom is 0.340 e. The molecule has 0 spiro atoms. The van der Waals surface area contributed by atoms with Gasteiger partial charge in [0.05, 0.1) is 12.7 Å². The number of rotatable bonds is 4. The van der Waals surface area contributed by atoms with Crippen molar-refractivity contribution < 1.29 is 9.53 Å². The van der Waals surface area contributed by atoms with Crippen molar-refractivity contribution in [3.8, 4) is 0 Å². The Kier molecular flexibility index (Phi) is 4.48. The molecule has 4 nitrogen and oxygen atoms in total. The first-order valence-corrected chi connectivity index (χ1v) is 6.86. The summed E-state index contributed by atoms with van der Waals surface area (Å²) in [6.07, 6.45) is 0. The van der Waals surface area contributed by atoms with Gasteiger partial charge in [-0.05, 0) is 41.8 Å². The summed E-state index contributed by atoms with van der Waals surface area (Å²) in [6, 6.07) is 13.4. The van der Waals surface area contributed by atoms with Gasteiger partial charge in [0.2, 0.25) is 0 Å². The lowest BCUT2D eigenvalue weighted by Crippen LogP contribution is -2.06. The van der Waals surface area contributed by atoms with Gasteiger partial charge in [0.25, 0.3) is 0 Å². The second-order valence-corrected chi connectivity index (χ2v) is 5.20. The fourth-order valence-corrected chi connectivity index (χ4v) is 2.06. The van der Waals surface area contributed by atoms with Crippen molar-refractivity contribution in [1.29, 1.82) is 0 Å². The molecule has 4 heteroatoms. The summed E-state index contributed by atoms with van der Waals surface area (Å²) in [7, 11) is 1.34. The van der Waals surface area contributed by atoms with Gasteiger partial charge in [0, 0.05) is 17.1 Å². The Hall–Kier alpha value is -2.49. The van der Waals surface area contributed by atoms with Crippen LogP contribution in [0.5, 0.6) is 0 Å². The molecule has 2 rings (SSSR count). The average Bonchev–Trinajstić information content (AvgIpc) is 2.48. The fraction of sp³-hybridized carbons (Fsp3) is 0.235. The average molecular weight is 284 g/mol. The molecule has 21 heavy (non-hydrogen) atoms. The number of carbonyl (C=O) groups is 1. The van der Waals surface area contributed by atoms with Crippen LogP contribution in [0.3, 0.4) is 0 Å². The highest BCUT2D eigenvalue weighted by Crippen LogP contribution is 2.24. The SMILES string of the molecule is COC(=O)c1cc(Nc2cccc(C(C)C)c2)ccc1N. The molecule has 110 valence electrons. The van der Waals surface area contributed by atoms with Gasteiger partial charge in [-0.25, -0.2) is 4.79 Å². The topological polar surface area (TPSA) is 64.3 Å². The van der Waals surface area contributed by atoms with Gasteiger partial charge in [-0.3, -0.25) is 0 Å². The van der Waals surface area contributed by atoms with Crippen LogP contribution >= 0.6 is 0 Å². The normalized spacial score (nSPS) is 10.5. The van der Waals surface area contributed by atoms with Crippen molar-refractivity contribution in [2.45, 2.75) is 19.8 Å². The van der Waals surface area contributed by atoms with E-state index in [0.717, 1.165) is 11.4 Å². The van der Waals surface area contributed by atoms with E-state index in [4.69, 9.17) is 10.5 Å². The predicted octanol–water partition coefficient (Wildman–Crippen LogP) is 3.92. The Balaban J connectivity index is 2.27. The van der Waals surface area contributed by atoms with Crippen molar-refractivity contribution in [1.82, 2.24) is 0 Å². The van der Waals surface area contributed by atoms with Crippen molar-refractivity contribution in [2.75, 3.05) is 18.2 Å². The molecule has 0 heterocycles. The molecule has 0 saturated heterocycles. The molecular weight excluding hydrogens is 264 g/mol. The Morgan fingerprint density at radius 3 is 2.52 bits per heavy atom. The maximum atomic E-state index is 11.7. The number of nitrogens with two attached hydrogens (primary N) is 1. The van der Waals surface area contributed by atoms with Crippen LogP contribution in [-0.4, -0.2) is 13.1 Å². The third-order valence-corrected chi connectivity index (χ3v) is 3.30. The summed E-state index contributed by atoms with van der Waals surface area (Å²) in [4.78, 5) is 11.7. The lowest BCUT2D eigenvalue weighted by Gasteiger charge is -2.12. The molecule has 0 amide bonds. The van der Waals surface area contributed by atoms with E-state index < -0.39 is 5.97 Å². The summed E-state index contributed by atoms with van der Waals surface area (Å²) < 4.78 is 4.73. The van der Waals surface area contributed by atoms with Crippen LogP contribution in [0.15, 0.2) is 42.5 Å². The summed E-state index contributed by atoms with van der Waals surface area (Å²) in [5, 5.41) is 3.28. The van der Waals surface area contributed by atoms with Gasteiger partial charge in [-0.1, -0.05) is 26.0 Å². The van der Waals surface area contributed by atoms with Gasteiger partial charge in [0.1, 0.15) is 0 Å². The van der Waals surface area contributed by atoms with Gasteiger partial charge >= 0.3 is 5.97 Å². The maximum absolute atomic E-state index is 11.7. The second kappa shape index (κ2) is 6.31.